The molecule has 1 amide bonds. The maximum absolute atomic E-state index is 13.4. The van der Waals surface area contributed by atoms with Crippen molar-refractivity contribution < 1.29 is 28.5 Å². The summed E-state index contributed by atoms with van der Waals surface area (Å²) in [4.78, 5) is 17.6. The number of nitrogens with two attached hydrogens (primary N) is 1. The van der Waals surface area contributed by atoms with E-state index in [1.807, 2.05) is 24.8 Å². The van der Waals surface area contributed by atoms with Crippen LogP contribution in [-0.4, -0.2) is 89.8 Å². The third kappa shape index (κ3) is 9.66. The maximum Gasteiger partial charge on any atom is 0.239 e. The van der Waals surface area contributed by atoms with Crippen molar-refractivity contribution in [2.24, 2.45) is 23.5 Å². The van der Waals surface area contributed by atoms with Crippen molar-refractivity contribution in [2.75, 3.05) is 71.7 Å². The number of hydrogen-bond donors (Lipinski definition) is 1. The van der Waals surface area contributed by atoms with E-state index in [1.165, 1.54) is 0 Å². The van der Waals surface area contributed by atoms with Gasteiger partial charge in [0, 0.05) is 52.3 Å². The van der Waals surface area contributed by atoms with Crippen LogP contribution in [0.25, 0.3) is 0 Å². The fourth-order valence-electron chi connectivity index (χ4n) is 6.21. The van der Waals surface area contributed by atoms with Gasteiger partial charge < -0.3 is 39.2 Å². The largest absolute Gasteiger partial charge is 0.490 e. The van der Waals surface area contributed by atoms with Gasteiger partial charge in [-0.25, -0.2) is 0 Å². The molecule has 2 N–H and O–H groups in total. The summed E-state index contributed by atoms with van der Waals surface area (Å²) < 4.78 is 29.0. The normalized spacial score (nSPS) is 21.4. The number of rotatable bonds is 16. The van der Waals surface area contributed by atoms with Crippen LogP contribution in [0.2, 0.25) is 0 Å². The van der Waals surface area contributed by atoms with E-state index in [0.717, 1.165) is 54.2 Å². The Kier molecular flexibility index (Phi) is 13.5. The summed E-state index contributed by atoms with van der Waals surface area (Å²) in [7, 11) is 3.44. The summed E-state index contributed by atoms with van der Waals surface area (Å²) in [6, 6.07) is 14.3. The Balaban J connectivity index is 1.50. The Morgan fingerprint density at radius 1 is 1.02 bits per heavy atom. The first-order valence-corrected chi connectivity index (χ1v) is 16.4. The molecular weight excluding hydrogens is 570 g/mol. The van der Waals surface area contributed by atoms with Gasteiger partial charge in [0.2, 0.25) is 5.91 Å². The molecule has 0 aliphatic carbocycles. The predicted octanol–water partition coefficient (Wildman–Crippen LogP) is 4.67. The van der Waals surface area contributed by atoms with E-state index in [9.17, 15) is 4.79 Å². The number of benzene rings is 2. The first kappa shape index (κ1) is 35.2. The van der Waals surface area contributed by atoms with Gasteiger partial charge in [-0.1, -0.05) is 51.1 Å². The Bertz CT molecular complexity index is 1190. The molecule has 249 valence electrons. The molecule has 5 atom stereocenters. The minimum Gasteiger partial charge on any atom is -0.490 e. The van der Waals surface area contributed by atoms with Crippen molar-refractivity contribution in [2.45, 2.75) is 58.5 Å². The lowest BCUT2D eigenvalue weighted by Crippen LogP contribution is -2.55. The van der Waals surface area contributed by atoms with Gasteiger partial charge >= 0.3 is 0 Å². The molecule has 9 heteroatoms. The molecule has 1 saturated heterocycles. The van der Waals surface area contributed by atoms with Crippen LogP contribution in [-0.2, 0) is 37.0 Å². The molecule has 1 fully saturated rings. The quantitative estimate of drug-likeness (QED) is 0.270. The van der Waals surface area contributed by atoms with Gasteiger partial charge in [-0.3, -0.25) is 4.79 Å². The third-order valence-corrected chi connectivity index (χ3v) is 8.79. The van der Waals surface area contributed by atoms with E-state index < -0.39 is 6.04 Å². The van der Waals surface area contributed by atoms with Crippen LogP contribution >= 0.6 is 0 Å². The number of nitrogens with zero attached hydrogens (tertiary/aromatic N) is 2. The number of ether oxygens (including phenoxy) is 5. The van der Waals surface area contributed by atoms with Crippen molar-refractivity contribution in [3.8, 4) is 5.75 Å². The fourth-order valence-corrected chi connectivity index (χ4v) is 6.21. The summed E-state index contributed by atoms with van der Waals surface area (Å²) in [5, 5.41) is 0. The van der Waals surface area contributed by atoms with Crippen LogP contribution in [0.1, 0.15) is 49.8 Å². The molecule has 2 aliphatic heterocycles. The number of carbonyl (C=O) groups is 1. The number of anilines is 1. The van der Waals surface area contributed by atoms with Crippen LogP contribution in [0.15, 0.2) is 42.5 Å². The van der Waals surface area contributed by atoms with Crippen LogP contribution < -0.4 is 15.4 Å². The van der Waals surface area contributed by atoms with Crippen LogP contribution in [0.5, 0.6) is 5.75 Å². The van der Waals surface area contributed by atoms with Crippen LogP contribution in [0.3, 0.4) is 0 Å². The second-order valence-electron chi connectivity index (χ2n) is 12.9. The topological polar surface area (TPSA) is 95.7 Å². The van der Waals surface area contributed by atoms with Crippen molar-refractivity contribution in [1.29, 1.82) is 0 Å². The summed E-state index contributed by atoms with van der Waals surface area (Å²) >= 11 is 0. The molecule has 2 heterocycles. The number of likely N-dealkylation sites (tertiary alicyclic amines) is 1. The highest BCUT2D eigenvalue weighted by Gasteiger charge is 2.39. The first-order valence-electron chi connectivity index (χ1n) is 16.4. The minimum atomic E-state index is -0.551. The molecule has 2 aliphatic rings. The van der Waals surface area contributed by atoms with Crippen LogP contribution in [0.4, 0.5) is 5.69 Å². The second-order valence-corrected chi connectivity index (χ2v) is 12.9. The SMILES string of the molecule is [CH2][C@@H]1CN(C(=O)[C@@H](N)C(C)C)C[C@H](OCc2ccc3c(c2)N(CCCOC)CCO3)[C@H]1c1ccc(COC[C@@H](C)COC)cc1. The highest BCUT2D eigenvalue weighted by Crippen LogP contribution is 2.37. The van der Waals surface area contributed by atoms with Gasteiger partial charge in [-0.05, 0) is 54.0 Å². The van der Waals surface area contributed by atoms with Crippen molar-refractivity contribution >= 4 is 11.6 Å². The lowest BCUT2D eigenvalue weighted by atomic mass is 9.79. The summed E-state index contributed by atoms with van der Waals surface area (Å²) in [6.45, 7) is 17.0. The smallest absolute Gasteiger partial charge is 0.239 e. The molecule has 45 heavy (non-hydrogen) atoms. The van der Waals surface area contributed by atoms with E-state index in [2.05, 4.69) is 55.1 Å². The van der Waals surface area contributed by atoms with E-state index in [0.29, 0.717) is 52.0 Å². The Hall–Kier alpha value is -2.69. The highest BCUT2D eigenvalue weighted by atomic mass is 16.5. The van der Waals surface area contributed by atoms with E-state index in [1.54, 1.807) is 14.2 Å². The van der Waals surface area contributed by atoms with Gasteiger partial charge in [0.1, 0.15) is 12.4 Å². The molecule has 4 rings (SSSR count). The Labute approximate surface area is 270 Å². The van der Waals surface area contributed by atoms with E-state index in [4.69, 9.17) is 29.4 Å². The molecule has 0 spiro atoms. The van der Waals surface area contributed by atoms with Crippen molar-refractivity contribution in [3.05, 3.63) is 66.1 Å². The van der Waals surface area contributed by atoms with E-state index in [-0.39, 0.29) is 29.8 Å². The van der Waals surface area contributed by atoms with Gasteiger partial charge in [0.05, 0.1) is 50.8 Å². The predicted molar refractivity (Wildman–Crippen MR) is 177 cm³/mol. The van der Waals surface area contributed by atoms with Gasteiger partial charge in [0.25, 0.3) is 0 Å². The average Bonchev–Trinajstić information content (AvgIpc) is 3.03. The molecule has 0 aromatic heterocycles. The molecule has 2 aromatic carbocycles. The van der Waals surface area contributed by atoms with Gasteiger partial charge in [0.15, 0.2) is 0 Å². The monoisotopic (exact) mass is 624 g/mol. The van der Waals surface area contributed by atoms with Gasteiger partial charge in [-0.2, -0.15) is 0 Å². The number of fused-ring (bicyclic) bond motifs is 1. The summed E-state index contributed by atoms with van der Waals surface area (Å²) in [5.41, 5.74) is 10.7. The molecule has 0 saturated carbocycles. The van der Waals surface area contributed by atoms with Crippen molar-refractivity contribution in [1.82, 2.24) is 4.90 Å². The molecule has 9 nitrogen and oxygen atoms in total. The lowest BCUT2D eigenvalue weighted by molar-refractivity contribution is -0.140. The third-order valence-electron chi connectivity index (χ3n) is 8.79. The standard InChI is InChI=1S/C36H54N3O6/c1-25(2)35(37)36(40)39-19-27(4)34(30-11-8-28(9-12-30)23-43-22-26(3)21-42-6)33(20-39)45-24-29-10-13-32-31(18-29)38(15-17-44-32)14-7-16-41-5/h8-13,18,25-27,33-35H,4,7,14-17,19-24,37H2,1-3,5-6H3/t26-,27+,33-,34+,35-/m0/s1. The number of hydrogen-bond acceptors (Lipinski definition) is 8. The number of amides is 1. The number of carbonyl (C=O) groups excluding carboxylic acids is 1. The molecule has 0 bridgehead atoms. The number of piperidine rings is 1. The molecule has 0 unspecified atom stereocenters. The Morgan fingerprint density at radius 2 is 1.78 bits per heavy atom. The fraction of sp³-hybridized carbons (Fsp3) is 0.611. The molecule has 1 radical (unpaired) electrons. The average molecular weight is 625 g/mol. The van der Waals surface area contributed by atoms with Crippen molar-refractivity contribution in [3.63, 3.8) is 0 Å². The Morgan fingerprint density at radius 3 is 2.49 bits per heavy atom. The minimum absolute atomic E-state index is 0.0209. The first-order chi connectivity index (χ1) is 21.7. The highest BCUT2D eigenvalue weighted by molar-refractivity contribution is 5.82. The van der Waals surface area contributed by atoms with Crippen LogP contribution in [0, 0.1) is 24.7 Å². The number of methoxy groups -OCH3 is 2. The zero-order valence-electron chi connectivity index (χ0n) is 27.9. The van der Waals surface area contributed by atoms with E-state index >= 15 is 0 Å². The van der Waals surface area contributed by atoms with Gasteiger partial charge in [-0.15, -0.1) is 0 Å². The molecular formula is C36H54N3O6. The molecule has 2 aromatic rings. The summed E-state index contributed by atoms with van der Waals surface area (Å²) in [6.07, 6.45) is 0.706. The second kappa shape index (κ2) is 17.3. The zero-order valence-corrected chi connectivity index (χ0v) is 27.9. The zero-order chi connectivity index (χ0) is 32.3. The lowest BCUT2D eigenvalue weighted by Gasteiger charge is -2.43. The summed E-state index contributed by atoms with van der Waals surface area (Å²) in [5.74, 6) is 1.21. The maximum atomic E-state index is 13.4.